The van der Waals surface area contributed by atoms with Crippen molar-refractivity contribution in [1.82, 2.24) is 9.80 Å². The predicted molar refractivity (Wildman–Crippen MR) is 95.4 cm³/mol. The van der Waals surface area contributed by atoms with E-state index in [4.69, 9.17) is 0 Å². The van der Waals surface area contributed by atoms with E-state index < -0.39 is 0 Å². The van der Waals surface area contributed by atoms with Crippen LogP contribution >= 0.6 is 0 Å². The van der Waals surface area contributed by atoms with E-state index in [0.29, 0.717) is 11.9 Å². The van der Waals surface area contributed by atoms with Gasteiger partial charge in [0.2, 0.25) is 5.91 Å². The molecule has 2 atom stereocenters. The summed E-state index contributed by atoms with van der Waals surface area (Å²) < 4.78 is 0. The number of amides is 1. The van der Waals surface area contributed by atoms with Crippen molar-refractivity contribution in [3.63, 3.8) is 0 Å². The summed E-state index contributed by atoms with van der Waals surface area (Å²) in [5, 5.41) is 0. The van der Waals surface area contributed by atoms with E-state index in [9.17, 15) is 4.79 Å². The van der Waals surface area contributed by atoms with Gasteiger partial charge < -0.3 is 9.80 Å². The average Bonchev–Trinajstić information content (AvgIpc) is 2.77. The molecular formula is C20H36N2O. The number of carbonyl (C=O) groups excluding carboxylic acids is 1. The summed E-state index contributed by atoms with van der Waals surface area (Å²) in [7, 11) is 0. The van der Waals surface area contributed by atoms with Crippen molar-refractivity contribution in [2.75, 3.05) is 19.6 Å². The maximum atomic E-state index is 12.6. The second-order valence-corrected chi connectivity index (χ2v) is 8.38. The zero-order chi connectivity index (χ0) is 16.3. The van der Waals surface area contributed by atoms with E-state index in [2.05, 4.69) is 23.6 Å². The Morgan fingerprint density at radius 2 is 1.87 bits per heavy atom. The second-order valence-electron chi connectivity index (χ2n) is 8.38. The first kappa shape index (κ1) is 17.3. The molecule has 0 radical (unpaired) electrons. The molecule has 1 spiro atoms. The average molecular weight is 321 g/mol. The van der Waals surface area contributed by atoms with Crippen LogP contribution in [-0.4, -0.2) is 46.9 Å². The standard InChI is InChI=1S/C20H36N2O/c1-3-17(2)21-14-7-11-20(13-15-21)12-10-19(23)22(20)16-18-8-5-4-6-9-18/h17-18H,3-16H2,1-2H3. The fraction of sp³-hybridized carbons (Fsp3) is 0.950. The van der Waals surface area contributed by atoms with Crippen LogP contribution in [0.25, 0.3) is 0 Å². The quantitative estimate of drug-likeness (QED) is 0.774. The fourth-order valence-corrected chi connectivity index (χ4v) is 5.22. The number of hydrogen-bond donors (Lipinski definition) is 0. The Morgan fingerprint density at radius 3 is 2.61 bits per heavy atom. The van der Waals surface area contributed by atoms with Crippen molar-refractivity contribution in [2.45, 2.75) is 96.1 Å². The van der Waals surface area contributed by atoms with Gasteiger partial charge in [-0.3, -0.25) is 4.79 Å². The highest BCUT2D eigenvalue weighted by molar-refractivity contribution is 5.79. The number of carbonyl (C=O) groups is 1. The molecule has 2 unspecified atom stereocenters. The molecule has 3 nitrogen and oxygen atoms in total. The van der Waals surface area contributed by atoms with Crippen molar-refractivity contribution >= 4 is 5.91 Å². The Kier molecular flexibility index (Phi) is 5.66. The highest BCUT2D eigenvalue weighted by Crippen LogP contribution is 2.41. The molecule has 132 valence electrons. The largest absolute Gasteiger partial charge is 0.337 e. The first-order chi connectivity index (χ1) is 11.1. The molecule has 0 aromatic rings. The molecule has 0 aromatic heterocycles. The number of likely N-dealkylation sites (tertiary alicyclic amines) is 2. The summed E-state index contributed by atoms with van der Waals surface area (Å²) >= 11 is 0. The topological polar surface area (TPSA) is 23.6 Å². The molecule has 0 bridgehead atoms. The lowest BCUT2D eigenvalue weighted by atomic mass is 9.84. The highest BCUT2D eigenvalue weighted by Gasteiger charge is 2.46. The van der Waals surface area contributed by atoms with Gasteiger partial charge in [-0.25, -0.2) is 0 Å². The molecule has 0 N–H and O–H groups in total. The lowest BCUT2D eigenvalue weighted by Crippen LogP contribution is -2.48. The molecular weight excluding hydrogens is 284 g/mol. The Labute approximate surface area is 142 Å². The molecule has 23 heavy (non-hydrogen) atoms. The first-order valence-corrected chi connectivity index (χ1v) is 10.2. The van der Waals surface area contributed by atoms with Crippen molar-refractivity contribution in [3.05, 3.63) is 0 Å². The SMILES string of the molecule is CCC(C)N1CCCC2(CCC(=O)N2CC2CCCCC2)CC1. The Bertz CT molecular complexity index is 404. The molecule has 3 fully saturated rings. The van der Waals surface area contributed by atoms with E-state index in [-0.39, 0.29) is 5.54 Å². The van der Waals surface area contributed by atoms with Crippen LogP contribution in [0.2, 0.25) is 0 Å². The minimum absolute atomic E-state index is 0.205. The number of rotatable bonds is 4. The minimum Gasteiger partial charge on any atom is -0.337 e. The summed E-state index contributed by atoms with van der Waals surface area (Å²) in [6.07, 6.45) is 13.7. The molecule has 2 saturated heterocycles. The van der Waals surface area contributed by atoms with Gasteiger partial charge in [-0.2, -0.15) is 0 Å². The highest BCUT2D eigenvalue weighted by atomic mass is 16.2. The second kappa shape index (κ2) is 7.55. The fourth-order valence-electron chi connectivity index (χ4n) is 5.22. The van der Waals surface area contributed by atoms with Crippen molar-refractivity contribution in [3.8, 4) is 0 Å². The van der Waals surface area contributed by atoms with Gasteiger partial charge in [0.15, 0.2) is 0 Å². The monoisotopic (exact) mass is 320 g/mol. The van der Waals surface area contributed by atoms with Gasteiger partial charge in [0.25, 0.3) is 0 Å². The van der Waals surface area contributed by atoms with Crippen molar-refractivity contribution < 1.29 is 4.79 Å². The normalized spacial score (nSPS) is 32.4. The lowest BCUT2D eigenvalue weighted by Gasteiger charge is -2.41. The van der Waals surface area contributed by atoms with Crippen LogP contribution in [0, 0.1) is 5.92 Å². The van der Waals surface area contributed by atoms with E-state index in [1.165, 1.54) is 70.9 Å². The third-order valence-electron chi connectivity index (χ3n) is 7.01. The van der Waals surface area contributed by atoms with Gasteiger partial charge >= 0.3 is 0 Å². The molecule has 3 rings (SSSR count). The van der Waals surface area contributed by atoms with Crippen LogP contribution in [0.4, 0.5) is 0 Å². The molecule has 2 aliphatic heterocycles. The molecule has 0 aromatic carbocycles. The van der Waals surface area contributed by atoms with E-state index in [1.807, 2.05) is 0 Å². The maximum absolute atomic E-state index is 12.6. The summed E-state index contributed by atoms with van der Waals surface area (Å²) in [6, 6.07) is 0.689. The summed E-state index contributed by atoms with van der Waals surface area (Å²) in [6.45, 7) is 8.12. The van der Waals surface area contributed by atoms with Gasteiger partial charge in [0.05, 0.1) is 0 Å². The van der Waals surface area contributed by atoms with Gasteiger partial charge in [0, 0.05) is 31.1 Å². The zero-order valence-corrected chi connectivity index (χ0v) is 15.4. The lowest BCUT2D eigenvalue weighted by molar-refractivity contribution is -0.132. The van der Waals surface area contributed by atoms with Crippen LogP contribution < -0.4 is 0 Å². The molecule has 2 heterocycles. The van der Waals surface area contributed by atoms with Crippen molar-refractivity contribution in [2.24, 2.45) is 5.92 Å². The minimum atomic E-state index is 0.205. The molecule has 1 saturated carbocycles. The molecule has 3 aliphatic rings. The summed E-state index contributed by atoms with van der Waals surface area (Å²) in [4.78, 5) is 17.6. The van der Waals surface area contributed by atoms with E-state index in [1.54, 1.807) is 0 Å². The van der Waals surface area contributed by atoms with Crippen LogP contribution in [0.3, 0.4) is 0 Å². The first-order valence-electron chi connectivity index (χ1n) is 10.2. The number of nitrogens with zero attached hydrogens (tertiary/aromatic N) is 2. The Morgan fingerprint density at radius 1 is 1.09 bits per heavy atom. The molecule has 1 amide bonds. The summed E-state index contributed by atoms with van der Waals surface area (Å²) in [5.41, 5.74) is 0.205. The third-order valence-corrected chi connectivity index (χ3v) is 7.01. The number of hydrogen-bond acceptors (Lipinski definition) is 2. The van der Waals surface area contributed by atoms with Gasteiger partial charge in [-0.1, -0.05) is 26.2 Å². The summed E-state index contributed by atoms with van der Waals surface area (Å²) in [5.74, 6) is 1.23. The molecule has 3 heteroatoms. The van der Waals surface area contributed by atoms with Gasteiger partial charge in [-0.05, 0) is 64.3 Å². The van der Waals surface area contributed by atoms with Gasteiger partial charge in [0.1, 0.15) is 0 Å². The predicted octanol–water partition coefficient (Wildman–Crippen LogP) is 4.21. The van der Waals surface area contributed by atoms with Crippen LogP contribution in [0.5, 0.6) is 0 Å². The maximum Gasteiger partial charge on any atom is 0.223 e. The van der Waals surface area contributed by atoms with Crippen LogP contribution in [0.15, 0.2) is 0 Å². The zero-order valence-electron chi connectivity index (χ0n) is 15.4. The van der Waals surface area contributed by atoms with Gasteiger partial charge in [-0.15, -0.1) is 0 Å². The van der Waals surface area contributed by atoms with Crippen LogP contribution in [-0.2, 0) is 4.79 Å². The van der Waals surface area contributed by atoms with E-state index in [0.717, 1.165) is 25.3 Å². The molecule has 1 aliphatic carbocycles. The third kappa shape index (κ3) is 3.75. The van der Waals surface area contributed by atoms with Crippen molar-refractivity contribution in [1.29, 1.82) is 0 Å². The smallest absolute Gasteiger partial charge is 0.223 e. The van der Waals surface area contributed by atoms with E-state index >= 15 is 0 Å². The van der Waals surface area contributed by atoms with Crippen LogP contribution in [0.1, 0.15) is 84.5 Å². The Hall–Kier alpha value is -0.570. The Balaban J connectivity index is 1.67.